The van der Waals surface area contributed by atoms with Crippen LogP contribution in [-0.2, 0) is 9.47 Å². The van der Waals surface area contributed by atoms with Gasteiger partial charge >= 0.3 is 0 Å². The summed E-state index contributed by atoms with van der Waals surface area (Å²) in [6.07, 6.45) is 4.69. The van der Waals surface area contributed by atoms with E-state index in [-0.39, 0.29) is 31.3 Å². The molecule has 34 heavy (non-hydrogen) atoms. The second-order valence-electron chi connectivity index (χ2n) is 7.67. The summed E-state index contributed by atoms with van der Waals surface area (Å²) >= 11 is 0. The van der Waals surface area contributed by atoms with Crippen molar-refractivity contribution < 1.29 is 24.8 Å². The summed E-state index contributed by atoms with van der Waals surface area (Å²) in [7, 11) is 0. The number of benzene rings is 1. The number of H-pyrrole nitrogens is 1. The Bertz CT molecular complexity index is 815. The lowest BCUT2D eigenvalue weighted by molar-refractivity contribution is 0.00811. The maximum absolute atomic E-state index is 11.1. The molecule has 1 aromatic heterocycles. The van der Waals surface area contributed by atoms with Crippen molar-refractivity contribution in [1.29, 1.82) is 0 Å². The quantitative estimate of drug-likeness (QED) is 0.292. The van der Waals surface area contributed by atoms with Crippen molar-refractivity contribution in [1.82, 2.24) is 4.98 Å². The van der Waals surface area contributed by atoms with Crippen LogP contribution in [0.3, 0.4) is 0 Å². The van der Waals surface area contributed by atoms with Crippen molar-refractivity contribution in [2.75, 3.05) is 57.6 Å². The molecule has 0 aliphatic carbocycles. The summed E-state index contributed by atoms with van der Waals surface area (Å²) in [6, 6.07) is 11.3. The van der Waals surface area contributed by atoms with E-state index in [2.05, 4.69) is 9.88 Å². The zero-order valence-corrected chi connectivity index (χ0v) is 20.5. The van der Waals surface area contributed by atoms with Gasteiger partial charge in [0.1, 0.15) is 6.10 Å². The Kier molecular flexibility index (Phi) is 15.6. The molecule has 8 nitrogen and oxygen atoms in total. The van der Waals surface area contributed by atoms with E-state index in [1.165, 1.54) is 6.07 Å². The topological polar surface area (TPSA) is 115 Å². The molecular weight excluding hydrogens is 436 g/mol. The molecule has 0 fully saturated rings. The van der Waals surface area contributed by atoms with Crippen molar-refractivity contribution >= 4 is 17.8 Å². The number of hydrogen-bond donors (Lipinski definition) is 4. The highest BCUT2D eigenvalue weighted by Crippen LogP contribution is 2.17. The van der Waals surface area contributed by atoms with Crippen LogP contribution >= 0.6 is 0 Å². The monoisotopic (exact) mass is 476 g/mol. The summed E-state index contributed by atoms with van der Waals surface area (Å²) in [4.78, 5) is 15.9. The van der Waals surface area contributed by atoms with Gasteiger partial charge in [0, 0.05) is 43.6 Å². The van der Waals surface area contributed by atoms with Crippen molar-refractivity contribution in [2.45, 2.75) is 26.9 Å². The molecular formula is C26H40N2O6. The number of aromatic nitrogens is 1. The summed E-state index contributed by atoms with van der Waals surface area (Å²) in [5, 5.41) is 27.4. The van der Waals surface area contributed by atoms with Crippen LogP contribution < -0.4 is 10.5 Å². The van der Waals surface area contributed by atoms with Gasteiger partial charge in [-0.1, -0.05) is 45.1 Å². The van der Waals surface area contributed by atoms with Gasteiger partial charge < -0.3 is 34.7 Å². The molecule has 0 radical (unpaired) electrons. The number of anilines is 1. The van der Waals surface area contributed by atoms with Crippen molar-refractivity contribution in [3.05, 3.63) is 64.1 Å². The summed E-state index contributed by atoms with van der Waals surface area (Å²) in [6.45, 7) is 8.45. The van der Waals surface area contributed by atoms with E-state index in [0.29, 0.717) is 32.9 Å². The number of rotatable bonds is 15. The van der Waals surface area contributed by atoms with E-state index in [0.717, 1.165) is 16.8 Å². The lowest BCUT2D eigenvalue weighted by atomic mass is 10.1. The minimum Gasteiger partial charge on any atom is -0.396 e. The summed E-state index contributed by atoms with van der Waals surface area (Å²) in [5.41, 5.74) is 2.81. The number of aliphatic hydroxyl groups excluding tert-OH is 3. The highest BCUT2D eigenvalue weighted by atomic mass is 16.5. The minimum absolute atomic E-state index is 0.0866. The van der Waals surface area contributed by atoms with Crippen LogP contribution in [0.2, 0.25) is 0 Å². The zero-order chi connectivity index (χ0) is 25.2. The molecule has 2 rings (SSSR count). The number of aliphatic hydroxyl groups is 3. The normalized spacial score (nSPS) is 12.8. The Morgan fingerprint density at radius 1 is 0.912 bits per heavy atom. The fourth-order valence-corrected chi connectivity index (χ4v) is 2.84. The van der Waals surface area contributed by atoms with Crippen molar-refractivity contribution in [3.63, 3.8) is 0 Å². The first-order valence-corrected chi connectivity index (χ1v) is 11.8. The molecule has 190 valence electrons. The molecule has 0 spiro atoms. The van der Waals surface area contributed by atoms with Gasteiger partial charge in [0.15, 0.2) is 0 Å². The Hall–Kier alpha value is -2.49. The maximum atomic E-state index is 11.1. The van der Waals surface area contributed by atoms with E-state index in [4.69, 9.17) is 19.7 Å². The second-order valence-corrected chi connectivity index (χ2v) is 7.67. The van der Waals surface area contributed by atoms with Crippen LogP contribution in [-0.4, -0.2) is 79.1 Å². The number of pyridine rings is 1. The molecule has 2 aromatic rings. The molecule has 4 N–H and O–H groups in total. The average molecular weight is 477 g/mol. The molecule has 2 atom stereocenters. The molecule has 8 heteroatoms. The third kappa shape index (κ3) is 12.1. The predicted molar refractivity (Wildman–Crippen MR) is 137 cm³/mol. The molecule has 0 aliphatic heterocycles. The summed E-state index contributed by atoms with van der Waals surface area (Å²) in [5.74, 6) is 0.0975. The van der Waals surface area contributed by atoms with Gasteiger partial charge in [-0.3, -0.25) is 4.79 Å². The standard InChI is InChI=1S/C24H34N2O6.C2H6/c1-19(15-27)17-31-12-10-26(11-13-32-18-23(29)16-28)22-7-4-20(5-8-22)2-3-21-6-9-24(30)25-14-21;1-2/h2-9,14,19,23,27-29H,10-13,15-18H2,1H3,(H,25,30);1-2H3/b3-2+;. The Morgan fingerprint density at radius 3 is 2.06 bits per heavy atom. The third-order valence-corrected chi connectivity index (χ3v) is 4.78. The number of aromatic amines is 1. The van der Waals surface area contributed by atoms with Crippen LogP contribution in [0.15, 0.2) is 47.4 Å². The van der Waals surface area contributed by atoms with Gasteiger partial charge in [-0.05, 0) is 29.3 Å². The first-order chi connectivity index (χ1) is 16.5. The first kappa shape index (κ1) is 29.5. The average Bonchev–Trinajstić information content (AvgIpc) is 2.88. The smallest absolute Gasteiger partial charge is 0.247 e. The molecule has 0 saturated carbocycles. The van der Waals surface area contributed by atoms with E-state index in [1.807, 2.05) is 57.2 Å². The van der Waals surface area contributed by atoms with Gasteiger partial charge in [-0.15, -0.1) is 0 Å². The second kappa shape index (κ2) is 17.9. The van der Waals surface area contributed by atoms with Gasteiger partial charge in [0.2, 0.25) is 5.56 Å². The number of hydrogen-bond acceptors (Lipinski definition) is 7. The van der Waals surface area contributed by atoms with E-state index in [9.17, 15) is 9.90 Å². The van der Waals surface area contributed by atoms with E-state index >= 15 is 0 Å². The Labute approximate surface area is 202 Å². The lowest BCUT2D eigenvalue weighted by Crippen LogP contribution is -2.32. The minimum atomic E-state index is -0.875. The molecule has 0 aliphatic rings. The SMILES string of the molecule is CC.CC(CO)COCCN(CCOCC(O)CO)c1ccc(/C=C/c2ccc(=O)[nH]c2)cc1. The highest BCUT2D eigenvalue weighted by molar-refractivity contribution is 5.70. The Balaban J connectivity index is 0.00000281. The first-order valence-electron chi connectivity index (χ1n) is 11.8. The highest BCUT2D eigenvalue weighted by Gasteiger charge is 2.09. The fraction of sp³-hybridized carbons (Fsp3) is 0.500. The van der Waals surface area contributed by atoms with Crippen molar-refractivity contribution in [3.8, 4) is 0 Å². The van der Waals surface area contributed by atoms with Crippen LogP contribution in [0, 0.1) is 5.92 Å². The predicted octanol–water partition coefficient (Wildman–Crippen LogP) is 2.39. The van der Waals surface area contributed by atoms with Crippen molar-refractivity contribution in [2.24, 2.45) is 5.92 Å². The lowest BCUT2D eigenvalue weighted by Gasteiger charge is -2.25. The maximum Gasteiger partial charge on any atom is 0.247 e. The third-order valence-electron chi connectivity index (χ3n) is 4.78. The zero-order valence-electron chi connectivity index (χ0n) is 20.5. The Morgan fingerprint density at radius 2 is 1.50 bits per heavy atom. The molecule has 0 saturated heterocycles. The molecule has 1 aromatic carbocycles. The molecule has 0 bridgehead atoms. The van der Waals surface area contributed by atoms with Crippen LogP contribution in [0.5, 0.6) is 0 Å². The number of nitrogens with one attached hydrogen (secondary N) is 1. The van der Waals surface area contributed by atoms with Gasteiger partial charge in [-0.25, -0.2) is 0 Å². The van der Waals surface area contributed by atoms with Gasteiger partial charge in [0.05, 0.1) is 33.0 Å². The fourth-order valence-electron chi connectivity index (χ4n) is 2.84. The number of ether oxygens (including phenoxy) is 2. The van der Waals surface area contributed by atoms with Crippen LogP contribution in [0.4, 0.5) is 5.69 Å². The van der Waals surface area contributed by atoms with E-state index < -0.39 is 6.10 Å². The van der Waals surface area contributed by atoms with E-state index in [1.54, 1.807) is 12.3 Å². The van der Waals surface area contributed by atoms with Crippen LogP contribution in [0.25, 0.3) is 12.2 Å². The molecule has 2 unspecified atom stereocenters. The molecule has 1 heterocycles. The largest absolute Gasteiger partial charge is 0.396 e. The molecule has 0 amide bonds. The number of nitrogens with zero attached hydrogens (tertiary/aromatic N) is 1. The summed E-state index contributed by atoms with van der Waals surface area (Å²) < 4.78 is 11.1. The van der Waals surface area contributed by atoms with Crippen LogP contribution in [0.1, 0.15) is 31.9 Å². The van der Waals surface area contributed by atoms with Gasteiger partial charge in [-0.2, -0.15) is 0 Å². The van der Waals surface area contributed by atoms with Gasteiger partial charge in [0.25, 0.3) is 0 Å².